The lowest BCUT2D eigenvalue weighted by molar-refractivity contribution is -0.139. The lowest BCUT2D eigenvalue weighted by atomic mass is 10.0. The third-order valence-corrected chi connectivity index (χ3v) is 2.96. The molecule has 0 spiro atoms. The van der Waals surface area contributed by atoms with Gasteiger partial charge in [-0.15, -0.1) is 0 Å². The van der Waals surface area contributed by atoms with Gasteiger partial charge in [-0.25, -0.2) is 9.59 Å². The highest BCUT2D eigenvalue weighted by Crippen LogP contribution is 2.17. The smallest absolute Gasteiger partial charge is 0.408 e. The Morgan fingerprint density at radius 1 is 1.38 bits per heavy atom. The SMILES string of the molecule is Cc1ccc(Cl)cc1CC(NC(=O)OC(C)(C)C)C(=O)O. The summed E-state index contributed by atoms with van der Waals surface area (Å²) in [5.41, 5.74) is 1.00. The van der Waals surface area contributed by atoms with Crippen LogP contribution in [0, 0.1) is 6.92 Å². The largest absolute Gasteiger partial charge is 0.480 e. The maximum Gasteiger partial charge on any atom is 0.408 e. The van der Waals surface area contributed by atoms with Crippen molar-refractivity contribution in [1.29, 1.82) is 0 Å². The highest BCUT2D eigenvalue weighted by Gasteiger charge is 2.24. The third kappa shape index (κ3) is 6.04. The van der Waals surface area contributed by atoms with Gasteiger partial charge in [0, 0.05) is 11.4 Å². The molecule has 116 valence electrons. The van der Waals surface area contributed by atoms with Crippen LogP contribution in [0.1, 0.15) is 31.9 Å². The molecule has 0 aromatic heterocycles. The van der Waals surface area contributed by atoms with Gasteiger partial charge in [0.05, 0.1) is 0 Å². The number of carboxylic acids is 1. The van der Waals surface area contributed by atoms with E-state index in [1.807, 2.05) is 13.0 Å². The van der Waals surface area contributed by atoms with E-state index in [9.17, 15) is 14.7 Å². The third-order valence-electron chi connectivity index (χ3n) is 2.72. The normalized spacial score (nSPS) is 12.6. The quantitative estimate of drug-likeness (QED) is 0.895. The van der Waals surface area contributed by atoms with Crippen molar-refractivity contribution in [2.24, 2.45) is 0 Å². The van der Waals surface area contributed by atoms with Crippen molar-refractivity contribution in [3.8, 4) is 0 Å². The molecule has 0 radical (unpaired) electrons. The first-order valence-electron chi connectivity index (χ1n) is 6.56. The maximum atomic E-state index is 11.7. The molecule has 1 rings (SSSR count). The fraction of sp³-hybridized carbons (Fsp3) is 0.467. The van der Waals surface area contributed by atoms with Gasteiger partial charge in [-0.3, -0.25) is 0 Å². The van der Waals surface area contributed by atoms with Crippen LogP contribution in [0.15, 0.2) is 18.2 Å². The molecule has 0 saturated carbocycles. The van der Waals surface area contributed by atoms with Crippen LogP contribution in [0.25, 0.3) is 0 Å². The number of carboxylic acid groups (broad SMARTS) is 1. The van der Waals surface area contributed by atoms with E-state index in [2.05, 4.69) is 5.32 Å². The maximum absolute atomic E-state index is 11.7. The molecule has 1 atom stereocenters. The van der Waals surface area contributed by atoms with Gasteiger partial charge < -0.3 is 15.2 Å². The van der Waals surface area contributed by atoms with E-state index < -0.39 is 23.7 Å². The van der Waals surface area contributed by atoms with Crippen LogP contribution >= 0.6 is 11.6 Å². The van der Waals surface area contributed by atoms with Crippen molar-refractivity contribution in [1.82, 2.24) is 5.32 Å². The van der Waals surface area contributed by atoms with Crippen molar-refractivity contribution < 1.29 is 19.4 Å². The molecule has 1 unspecified atom stereocenters. The van der Waals surface area contributed by atoms with Gasteiger partial charge >= 0.3 is 12.1 Å². The van der Waals surface area contributed by atoms with Crippen LogP contribution in [0.4, 0.5) is 4.79 Å². The van der Waals surface area contributed by atoms with Gasteiger partial charge in [0.1, 0.15) is 11.6 Å². The van der Waals surface area contributed by atoms with Crippen LogP contribution in [-0.4, -0.2) is 28.8 Å². The Balaban J connectivity index is 2.81. The van der Waals surface area contributed by atoms with Crippen molar-refractivity contribution in [2.75, 3.05) is 0 Å². The summed E-state index contributed by atoms with van der Waals surface area (Å²) in [6.07, 6.45) is -0.615. The van der Waals surface area contributed by atoms with Crippen LogP contribution in [0.2, 0.25) is 5.02 Å². The molecule has 1 amide bonds. The number of halogens is 1. The highest BCUT2D eigenvalue weighted by molar-refractivity contribution is 6.30. The van der Waals surface area contributed by atoms with Crippen LogP contribution in [0.3, 0.4) is 0 Å². The Bertz CT molecular complexity index is 537. The molecule has 1 aromatic rings. The Morgan fingerprint density at radius 3 is 2.52 bits per heavy atom. The van der Waals surface area contributed by atoms with Gasteiger partial charge in [-0.05, 0) is 51.0 Å². The van der Waals surface area contributed by atoms with Gasteiger partial charge in [0.25, 0.3) is 0 Å². The summed E-state index contributed by atoms with van der Waals surface area (Å²) in [6.45, 7) is 6.99. The second-order valence-corrected chi connectivity index (χ2v) is 6.25. The fourth-order valence-corrected chi connectivity index (χ4v) is 1.92. The number of aryl methyl sites for hydroxylation is 1. The molecule has 0 aliphatic rings. The summed E-state index contributed by atoms with van der Waals surface area (Å²) in [5.74, 6) is -1.12. The number of hydrogen-bond donors (Lipinski definition) is 2. The molecule has 21 heavy (non-hydrogen) atoms. The average molecular weight is 314 g/mol. The summed E-state index contributed by atoms with van der Waals surface area (Å²) >= 11 is 5.91. The van der Waals surface area contributed by atoms with E-state index in [1.54, 1.807) is 32.9 Å². The van der Waals surface area contributed by atoms with E-state index in [-0.39, 0.29) is 6.42 Å². The number of carbonyl (C=O) groups excluding carboxylic acids is 1. The zero-order chi connectivity index (χ0) is 16.2. The first-order valence-corrected chi connectivity index (χ1v) is 6.93. The van der Waals surface area contributed by atoms with Crippen LogP contribution in [-0.2, 0) is 16.0 Å². The van der Waals surface area contributed by atoms with Gasteiger partial charge in [-0.1, -0.05) is 17.7 Å². The molecule has 0 saturated heterocycles. The lowest BCUT2D eigenvalue weighted by Gasteiger charge is -2.22. The van der Waals surface area contributed by atoms with Crippen LogP contribution in [0.5, 0.6) is 0 Å². The fourth-order valence-electron chi connectivity index (χ4n) is 1.73. The first kappa shape index (κ1) is 17.3. The van der Waals surface area contributed by atoms with Crippen molar-refractivity contribution >= 4 is 23.7 Å². The molecular formula is C15H20ClNO4. The molecule has 0 fully saturated rings. The zero-order valence-corrected chi connectivity index (χ0v) is 13.3. The molecule has 0 aliphatic carbocycles. The van der Waals surface area contributed by atoms with Crippen molar-refractivity contribution in [2.45, 2.75) is 45.8 Å². The van der Waals surface area contributed by atoms with E-state index >= 15 is 0 Å². The van der Waals surface area contributed by atoms with E-state index in [1.165, 1.54) is 0 Å². The molecule has 1 aromatic carbocycles. The first-order chi connectivity index (χ1) is 9.58. The van der Waals surface area contributed by atoms with Gasteiger partial charge in [0.15, 0.2) is 0 Å². The summed E-state index contributed by atoms with van der Waals surface area (Å²) in [4.78, 5) is 23.0. The number of benzene rings is 1. The van der Waals surface area contributed by atoms with Gasteiger partial charge in [-0.2, -0.15) is 0 Å². The Labute approximate surface area is 129 Å². The van der Waals surface area contributed by atoms with E-state index in [4.69, 9.17) is 16.3 Å². The molecule has 0 bridgehead atoms. The summed E-state index contributed by atoms with van der Waals surface area (Å²) in [6, 6.07) is 4.17. The number of nitrogens with one attached hydrogen (secondary N) is 1. The average Bonchev–Trinajstić information content (AvgIpc) is 2.30. The Kier molecular flexibility index (Phi) is 5.61. The number of ether oxygens (including phenoxy) is 1. The number of rotatable bonds is 4. The minimum absolute atomic E-state index is 0.140. The molecule has 2 N–H and O–H groups in total. The zero-order valence-electron chi connectivity index (χ0n) is 12.6. The molecular weight excluding hydrogens is 294 g/mol. The number of aliphatic carboxylic acids is 1. The minimum atomic E-state index is -1.12. The molecule has 0 aliphatic heterocycles. The number of alkyl carbamates (subject to hydrolysis) is 1. The predicted octanol–water partition coefficient (Wildman–Crippen LogP) is 3.17. The summed E-state index contributed by atoms with van der Waals surface area (Å²) in [7, 11) is 0. The minimum Gasteiger partial charge on any atom is -0.480 e. The van der Waals surface area contributed by atoms with Gasteiger partial charge in [0.2, 0.25) is 0 Å². The van der Waals surface area contributed by atoms with Crippen LogP contribution < -0.4 is 5.32 Å². The highest BCUT2D eigenvalue weighted by atomic mass is 35.5. The topological polar surface area (TPSA) is 75.6 Å². The summed E-state index contributed by atoms with van der Waals surface area (Å²) < 4.78 is 5.07. The lowest BCUT2D eigenvalue weighted by Crippen LogP contribution is -2.44. The number of hydrogen-bond acceptors (Lipinski definition) is 3. The Hall–Kier alpha value is -1.75. The van der Waals surface area contributed by atoms with Crippen molar-refractivity contribution in [3.05, 3.63) is 34.3 Å². The second kappa shape index (κ2) is 6.80. The second-order valence-electron chi connectivity index (χ2n) is 5.81. The number of carbonyl (C=O) groups is 2. The standard InChI is InChI=1S/C15H20ClNO4/c1-9-5-6-11(16)7-10(9)8-12(13(18)19)17-14(20)21-15(2,3)4/h5-7,12H,8H2,1-4H3,(H,17,20)(H,18,19). The predicted molar refractivity (Wildman–Crippen MR) is 80.7 cm³/mol. The molecule has 0 heterocycles. The summed E-state index contributed by atoms with van der Waals surface area (Å²) in [5, 5.41) is 12.1. The van der Waals surface area contributed by atoms with Crippen molar-refractivity contribution in [3.63, 3.8) is 0 Å². The number of amides is 1. The van der Waals surface area contributed by atoms with E-state index in [0.29, 0.717) is 5.02 Å². The van der Waals surface area contributed by atoms with E-state index in [0.717, 1.165) is 11.1 Å². The monoisotopic (exact) mass is 313 g/mol. The molecule has 5 nitrogen and oxygen atoms in total. The Morgan fingerprint density at radius 2 is 2.00 bits per heavy atom. The molecule has 6 heteroatoms.